The largest absolute Gasteiger partial charge is 0.481 e. The molecule has 0 saturated heterocycles. The normalized spacial score (nSPS) is 11.4. The van der Waals surface area contributed by atoms with Gasteiger partial charge in [0.05, 0.1) is 12.8 Å². The molecule has 1 aromatic rings. The summed E-state index contributed by atoms with van der Waals surface area (Å²) in [6.07, 6.45) is 0.653. The zero-order valence-corrected chi connectivity index (χ0v) is 10.9. The number of rotatable bonds is 8. The van der Waals surface area contributed by atoms with Gasteiger partial charge in [0.25, 0.3) is 5.91 Å². The van der Waals surface area contributed by atoms with Crippen LogP contribution in [0.4, 0.5) is 0 Å². The summed E-state index contributed by atoms with van der Waals surface area (Å²) < 4.78 is 4.81. The molecule has 0 aliphatic rings. The molecule has 0 fully saturated rings. The lowest BCUT2D eigenvalue weighted by Gasteiger charge is -2.13. The summed E-state index contributed by atoms with van der Waals surface area (Å²) in [5.41, 5.74) is 0. The van der Waals surface area contributed by atoms with E-state index in [9.17, 15) is 19.2 Å². The summed E-state index contributed by atoms with van der Waals surface area (Å²) in [5.74, 6) is -3.85. The van der Waals surface area contributed by atoms with E-state index >= 15 is 0 Å². The maximum Gasteiger partial charge on any atom is 0.326 e. The first-order valence-electron chi connectivity index (χ1n) is 5.96. The Labute approximate surface area is 118 Å². The number of carboxylic acids is 2. The molecule has 0 bridgehead atoms. The molecule has 1 atom stereocenters. The van der Waals surface area contributed by atoms with Crippen LogP contribution in [-0.2, 0) is 14.4 Å². The van der Waals surface area contributed by atoms with Gasteiger partial charge in [-0.05, 0) is 18.6 Å². The van der Waals surface area contributed by atoms with Gasteiger partial charge in [0, 0.05) is 6.42 Å². The van der Waals surface area contributed by atoms with Crippen LogP contribution in [0.5, 0.6) is 0 Å². The van der Waals surface area contributed by atoms with Crippen LogP contribution >= 0.6 is 0 Å². The number of furan rings is 1. The fourth-order valence-corrected chi connectivity index (χ4v) is 1.43. The molecule has 1 unspecified atom stereocenters. The summed E-state index contributed by atoms with van der Waals surface area (Å²) in [6.45, 7) is -0.448. The van der Waals surface area contributed by atoms with Gasteiger partial charge in [0.1, 0.15) is 6.04 Å². The van der Waals surface area contributed by atoms with E-state index in [0.717, 1.165) is 0 Å². The quantitative estimate of drug-likeness (QED) is 0.503. The number of carboxylic acid groups (broad SMARTS) is 2. The lowest BCUT2D eigenvalue weighted by molar-refractivity contribution is -0.142. The minimum Gasteiger partial charge on any atom is -0.481 e. The number of carbonyl (C=O) groups is 4. The lowest BCUT2D eigenvalue weighted by Crippen LogP contribution is -2.45. The minimum absolute atomic E-state index is 0.0171. The Hall–Kier alpha value is -2.84. The predicted molar refractivity (Wildman–Crippen MR) is 67.5 cm³/mol. The topological polar surface area (TPSA) is 146 Å². The Balaban J connectivity index is 2.41. The van der Waals surface area contributed by atoms with Crippen LogP contribution in [0.3, 0.4) is 0 Å². The van der Waals surface area contributed by atoms with Gasteiger partial charge in [0.2, 0.25) is 5.91 Å². The van der Waals surface area contributed by atoms with E-state index in [1.165, 1.54) is 18.4 Å². The molecular formula is C12H14N2O7. The second-order valence-corrected chi connectivity index (χ2v) is 4.05. The van der Waals surface area contributed by atoms with Crippen molar-refractivity contribution in [3.05, 3.63) is 24.2 Å². The number of aliphatic carboxylic acids is 2. The van der Waals surface area contributed by atoms with Gasteiger partial charge in [-0.3, -0.25) is 14.4 Å². The first-order chi connectivity index (χ1) is 9.90. The number of hydrogen-bond acceptors (Lipinski definition) is 5. The molecule has 1 rings (SSSR count). The number of nitrogens with one attached hydrogen (secondary N) is 2. The smallest absolute Gasteiger partial charge is 0.326 e. The third-order valence-electron chi connectivity index (χ3n) is 2.43. The standard InChI is InChI=1S/C12H14N2O7/c15-9(6-13-11(18)8-2-1-5-21-8)14-7(12(19)20)3-4-10(16)17/h1-2,5,7H,3-4,6H2,(H,13,18)(H,14,15)(H,16,17)(H,19,20). The van der Waals surface area contributed by atoms with Crippen molar-refractivity contribution in [3.63, 3.8) is 0 Å². The van der Waals surface area contributed by atoms with Crippen LogP contribution in [0.1, 0.15) is 23.4 Å². The Bertz CT molecular complexity index is 524. The van der Waals surface area contributed by atoms with E-state index in [1.54, 1.807) is 0 Å². The second kappa shape index (κ2) is 7.68. The molecule has 0 aliphatic heterocycles. The Kier molecular flexibility index (Phi) is 5.93. The van der Waals surface area contributed by atoms with E-state index in [2.05, 4.69) is 10.6 Å². The van der Waals surface area contributed by atoms with Gasteiger partial charge in [0.15, 0.2) is 5.76 Å². The molecule has 0 aliphatic carbocycles. The van der Waals surface area contributed by atoms with Gasteiger partial charge in [-0.25, -0.2) is 4.79 Å². The molecule has 1 heterocycles. The summed E-state index contributed by atoms with van der Waals surface area (Å²) in [4.78, 5) is 44.2. The van der Waals surface area contributed by atoms with Crippen LogP contribution in [0.15, 0.2) is 22.8 Å². The van der Waals surface area contributed by atoms with E-state index in [-0.39, 0.29) is 12.2 Å². The molecule has 9 heteroatoms. The Morgan fingerprint density at radius 2 is 1.95 bits per heavy atom. The zero-order chi connectivity index (χ0) is 15.8. The molecule has 0 aromatic carbocycles. The predicted octanol–water partition coefficient (Wildman–Crippen LogP) is -0.556. The first kappa shape index (κ1) is 16.2. The van der Waals surface area contributed by atoms with Crippen LogP contribution in [0.2, 0.25) is 0 Å². The third-order valence-corrected chi connectivity index (χ3v) is 2.43. The van der Waals surface area contributed by atoms with Crippen molar-refractivity contribution in [2.75, 3.05) is 6.54 Å². The molecule has 0 saturated carbocycles. The first-order valence-corrected chi connectivity index (χ1v) is 5.96. The molecule has 4 N–H and O–H groups in total. The van der Waals surface area contributed by atoms with Crippen molar-refractivity contribution < 1.29 is 33.8 Å². The summed E-state index contributed by atoms with van der Waals surface area (Å²) in [7, 11) is 0. The zero-order valence-electron chi connectivity index (χ0n) is 10.9. The molecule has 1 aromatic heterocycles. The Morgan fingerprint density at radius 1 is 1.24 bits per heavy atom. The molecule has 0 spiro atoms. The van der Waals surface area contributed by atoms with Crippen molar-refractivity contribution in [3.8, 4) is 0 Å². The maximum absolute atomic E-state index is 11.5. The molecule has 9 nitrogen and oxygen atoms in total. The Morgan fingerprint density at radius 3 is 2.48 bits per heavy atom. The van der Waals surface area contributed by atoms with Gasteiger partial charge < -0.3 is 25.3 Å². The average molecular weight is 298 g/mol. The van der Waals surface area contributed by atoms with Gasteiger partial charge in [-0.2, -0.15) is 0 Å². The molecule has 114 valence electrons. The number of amides is 2. The number of carbonyl (C=O) groups excluding carboxylic acids is 2. The summed E-state index contributed by atoms with van der Waals surface area (Å²) in [6, 6.07) is 1.58. The SMILES string of the molecule is O=C(O)CCC(NC(=O)CNC(=O)c1ccco1)C(=O)O. The number of hydrogen-bond donors (Lipinski definition) is 4. The highest BCUT2D eigenvalue weighted by atomic mass is 16.4. The van der Waals surface area contributed by atoms with E-state index in [1.807, 2.05) is 0 Å². The third kappa shape index (κ3) is 5.76. The highest BCUT2D eigenvalue weighted by molar-refractivity contribution is 5.94. The van der Waals surface area contributed by atoms with Crippen molar-refractivity contribution in [2.45, 2.75) is 18.9 Å². The van der Waals surface area contributed by atoms with Crippen LogP contribution in [0, 0.1) is 0 Å². The van der Waals surface area contributed by atoms with Crippen molar-refractivity contribution in [1.29, 1.82) is 0 Å². The van der Waals surface area contributed by atoms with Crippen molar-refractivity contribution in [1.82, 2.24) is 10.6 Å². The fourth-order valence-electron chi connectivity index (χ4n) is 1.43. The van der Waals surface area contributed by atoms with E-state index < -0.39 is 42.8 Å². The van der Waals surface area contributed by atoms with Crippen molar-refractivity contribution >= 4 is 23.8 Å². The lowest BCUT2D eigenvalue weighted by atomic mass is 10.1. The van der Waals surface area contributed by atoms with Crippen LogP contribution in [0.25, 0.3) is 0 Å². The minimum atomic E-state index is -1.35. The summed E-state index contributed by atoms with van der Waals surface area (Å²) >= 11 is 0. The fraction of sp³-hybridized carbons (Fsp3) is 0.333. The van der Waals surface area contributed by atoms with Gasteiger partial charge in [-0.1, -0.05) is 0 Å². The molecular weight excluding hydrogens is 284 g/mol. The van der Waals surface area contributed by atoms with Crippen molar-refractivity contribution in [2.24, 2.45) is 0 Å². The van der Waals surface area contributed by atoms with Gasteiger partial charge >= 0.3 is 11.9 Å². The summed E-state index contributed by atoms with van der Waals surface area (Å²) in [5, 5.41) is 21.7. The monoisotopic (exact) mass is 298 g/mol. The van der Waals surface area contributed by atoms with Gasteiger partial charge in [-0.15, -0.1) is 0 Å². The molecule has 21 heavy (non-hydrogen) atoms. The highest BCUT2D eigenvalue weighted by Crippen LogP contribution is 1.99. The molecule has 0 radical (unpaired) electrons. The maximum atomic E-state index is 11.5. The van der Waals surface area contributed by atoms with E-state index in [0.29, 0.717) is 0 Å². The highest BCUT2D eigenvalue weighted by Gasteiger charge is 2.21. The average Bonchev–Trinajstić information content (AvgIpc) is 2.94. The van der Waals surface area contributed by atoms with Crippen LogP contribution < -0.4 is 10.6 Å². The van der Waals surface area contributed by atoms with E-state index in [4.69, 9.17) is 14.6 Å². The second-order valence-electron chi connectivity index (χ2n) is 4.05. The molecule has 2 amide bonds. The van der Waals surface area contributed by atoms with Crippen LogP contribution in [-0.4, -0.2) is 46.6 Å².